The third kappa shape index (κ3) is 3.73. The fraction of sp³-hybridized carbons (Fsp3) is 0.467. The maximum atomic E-state index is 13.6. The molecule has 0 atom stereocenters. The van der Waals surface area contributed by atoms with Gasteiger partial charge in [0, 0.05) is 16.1 Å². The fourth-order valence-corrected chi connectivity index (χ4v) is 1.91. The number of carboxylic acid groups (broad SMARTS) is 1. The molecular weight excluding hydrogens is 297 g/mol. The largest absolute Gasteiger partial charge is 0.481 e. The summed E-state index contributed by atoms with van der Waals surface area (Å²) in [6.07, 6.45) is -0.245. The number of rotatable bonds is 5. The van der Waals surface area contributed by atoms with Crippen molar-refractivity contribution in [2.75, 3.05) is 0 Å². The van der Waals surface area contributed by atoms with Gasteiger partial charge in [-0.25, -0.2) is 4.39 Å². The second kappa shape index (κ2) is 6.02. The molecular formula is C15H19ClFNO3. The van der Waals surface area contributed by atoms with E-state index in [-0.39, 0.29) is 17.0 Å². The molecule has 2 N–H and O–H groups in total. The van der Waals surface area contributed by atoms with Crippen LogP contribution in [-0.4, -0.2) is 22.5 Å². The van der Waals surface area contributed by atoms with Gasteiger partial charge in [0.25, 0.3) is 0 Å². The molecule has 0 aliphatic rings. The number of carbonyl (C=O) groups is 2. The van der Waals surface area contributed by atoms with Crippen molar-refractivity contribution in [2.24, 2.45) is 5.41 Å². The van der Waals surface area contributed by atoms with Crippen LogP contribution in [0.3, 0.4) is 0 Å². The van der Waals surface area contributed by atoms with Crippen molar-refractivity contribution >= 4 is 23.5 Å². The average molecular weight is 316 g/mol. The highest BCUT2D eigenvalue weighted by Gasteiger charge is 2.44. The summed E-state index contributed by atoms with van der Waals surface area (Å²) in [6.45, 7) is 6.27. The zero-order valence-electron chi connectivity index (χ0n) is 12.5. The summed E-state index contributed by atoms with van der Waals surface area (Å²) < 4.78 is 13.6. The smallest absolute Gasteiger partial charge is 0.311 e. The van der Waals surface area contributed by atoms with E-state index in [1.54, 1.807) is 13.8 Å². The Kier molecular flexibility index (Phi) is 4.99. The van der Waals surface area contributed by atoms with Gasteiger partial charge in [-0.2, -0.15) is 0 Å². The van der Waals surface area contributed by atoms with Crippen molar-refractivity contribution in [1.29, 1.82) is 0 Å². The van der Waals surface area contributed by atoms with E-state index in [1.165, 1.54) is 32.0 Å². The van der Waals surface area contributed by atoms with Crippen molar-refractivity contribution in [1.82, 2.24) is 5.32 Å². The predicted octanol–water partition coefficient (Wildman–Crippen LogP) is 3.03. The molecule has 0 saturated heterocycles. The summed E-state index contributed by atoms with van der Waals surface area (Å²) in [5.41, 5.74) is -2.09. The van der Waals surface area contributed by atoms with Crippen LogP contribution in [0.4, 0.5) is 4.39 Å². The molecule has 21 heavy (non-hydrogen) atoms. The Morgan fingerprint density at radius 1 is 1.29 bits per heavy atom. The Labute approximate surface area is 128 Å². The first-order valence-corrected chi connectivity index (χ1v) is 6.84. The number of hydrogen-bond donors (Lipinski definition) is 2. The SMILES string of the molecule is CC(C)(NC(=O)Cc1c(F)cccc1Cl)C(C)(C)C(=O)O. The number of halogens is 2. The summed E-state index contributed by atoms with van der Waals surface area (Å²) in [4.78, 5) is 23.4. The molecule has 0 bridgehead atoms. The lowest BCUT2D eigenvalue weighted by Crippen LogP contribution is -2.57. The van der Waals surface area contributed by atoms with Crippen LogP contribution < -0.4 is 5.32 Å². The van der Waals surface area contributed by atoms with E-state index in [9.17, 15) is 19.1 Å². The molecule has 6 heteroatoms. The normalized spacial score (nSPS) is 12.1. The van der Waals surface area contributed by atoms with E-state index in [2.05, 4.69) is 5.32 Å². The molecule has 1 aromatic carbocycles. The van der Waals surface area contributed by atoms with Crippen molar-refractivity contribution in [3.05, 3.63) is 34.6 Å². The van der Waals surface area contributed by atoms with Crippen molar-refractivity contribution in [2.45, 2.75) is 39.7 Å². The third-order valence-corrected chi connectivity index (χ3v) is 4.30. The molecule has 0 aliphatic heterocycles. The van der Waals surface area contributed by atoms with Gasteiger partial charge in [0.1, 0.15) is 5.82 Å². The standard InChI is InChI=1S/C15H19ClFNO3/c1-14(2,13(20)21)15(3,4)18-12(19)8-9-10(16)6-5-7-11(9)17/h5-7H,8H2,1-4H3,(H,18,19)(H,20,21). The highest BCUT2D eigenvalue weighted by Crippen LogP contribution is 2.31. The van der Waals surface area contributed by atoms with Gasteiger partial charge in [-0.15, -0.1) is 0 Å². The molecule has 1 aromatic rings. The Morgan fingerprint density at radius 3 is 2.33 bits per heavy atom. The minimum absolute atomic E-state index is 0.0978. The Hall–Kier alpha value is -1.62. The third-order valence-electron chi connectivity index (χ3n) is 3.95. The Bertz CT molecular complexity index is 550. The van der Waals surface area contributed by atoms with Crippen LogP contribution in [-0.2, 0) is 16.0 Å². The maximum Gasteiger partial charge on any atom is 0.311 e. The Morgan fingerprint density at radius 2 is 1.86 bits per heavy atom. The first-order chi connectivity index (χ1) is 9.49. The quantitative estimate of drug-likeness (QED) is 0.877. The monoisotopic (exact) mass is 315 g/mol. The minimum Gasteiger partial charge on any atom is -0.481 e. The van der Waals surface area contributed by atoms with E-state index in [0.717, 1.165) is 0 Å². The molecule has 0 radical (unpaired) electrons. The molecule has 4 nitrogen and oxygen atoms in total. The van der Waals surface area contributed by atoms with E-state index in [0.29, 0.717) is 0 Å². The van der Waals surface area contributed by atoms with Crippen LogP contribution in [0, 0.1) is 11.2 Å². The summed E-state index contributed by atoms with van der Waals surface area (Å²) in [5, 5.41) is 12.0. The van der Waals surface area contributed by atoms with Crippen molar-refractivity contribution in [3.8, 4) is 0 Å². The van der Waals surface area contributed by atoms with Gasteiger partial charge >= 0.3 is 5.97 Å². The van der Waals surface area contributed by atoms with Gasteiger partial charge in [-0.1, -0.05) is 17.7 Å². The molecule has 0 aromatic heterocycles. The predicted molar refractivity (Wildman–Crippen MR) is 78.8 cm³/mol. The summed E-state index contributed by atoms with van der Waals surface area (Å²) >= 11 is 5.87. The molecule has 0 spiro atoms. The van der Waals surface area contributed by atoms with Crippen LogP contribution in [0.2, 0.25) is 5.02 Å². The van der Waals surface area contributed by atoms with Gasteiger partial charge in [0.2, 0.25) is 5.91 Å². The highest BCUT2D eigenvalue weighted by molar-refractivity contribution is 6.31. The molecule has 0 heterocycles. The average Bonchev–Trinajstić information content (AvgIpc) is 2.33. The van der Waals surface area contributed by atoms with Crippen LogP contribution in [0.1, 0.15) is 33.3 Å². The van der Waals surface area contributed by atoms with E-state index >= 15 is 0 Å². The zero-order valence-corrected chi connectivity index (χ0v) is 13.2. The van der Waals surface area contributed by atoms with Gasteiger partial charge in [-0.05, 0) is 39.8 Å². The van der Waals surface area contributed by atoms with Gasteiger partial charge in [-0.3, -0.25) is 9.59 Å². The van der Waals surface area contributed by atoms with Crippen LogP contribution >= 0.6 is 11.6 Å². The van der Waals surface area contributed by atoms with Crippen LogP contribution in [0.25, 0.3) is 0 Å². The first-order valence-electron chi connectivity index (χ1n) is 6.46. The number of aliphatic carboxylic acids is 1. The second-order valence-electron chi connectivity index (χ2n) is 5.98. The molecule has 0 saturated carbocycles. The molecule has 1 rings (SSSR count). The fourth-order valence-electron chi connectivity index (χ4n) is 1.68. The lowest BCUT2D eigenvalue weighted by molar-refractivity contribution is -0.151. The van der Waals surface area contributed by atoms with E-state index in [4.69, 9.17) is 11.6 Å². The molecule has 116 valence electrons. The molecule has 0 fully saturated rings. The van der Waals surface area contributed by atoms with Crippen LogP contribution in [0.5, 0.6) is 0 Å². The van der Waals surface area contributed by atoms with Gasteiger partial charge in [0.05, 0.1) is 11.8 Å². The summed E-state index contributed by atoms with van der Waals surface area (Å²) in [7, 11) is 0. The molecule has 0 aliphatic carbocycles. The summed E-state index contributed by atoms with van der Waals surface area (Å²) in [5.74, 6) is -2.08. The highest BCUT2D eigenvalue weighted by atomic mass is 35.5. The number of carbonyl (C=O) groups excluding carboxylic acids is 1. The lowest BCUT2D eigenvalue weighted by Gasteiger charge is -2.38. The van der Waals surface area contributed by atoms with Gasteiger partial charge < -0.3 is 10.4 Å². The number of benzene rings is 1. The number of hydrogen-bond acceptors (Lipinski definition) is 2. The van der Waals surface area contributed by atoms with Crippen LogP contribution in [0.15, 0.2) is 18.2 Å². The Balaban J connectivity index is 2.90. The number of amides is 1. The van der Waals surface area contributed by atoms with Gasteiger partial charge in [0.15, 0.2) is 0 Å². The zero-order chi connectivity index (χ0) is 16.4. The second-order valence-corrected chi connectivity index (χ2v) is 6.39. The van der Waals surface area contributed by atoms with E-state index in [1.807, 2.05) is 0 Å². The van der Waals surface area contributed by atoms with Crippen molar-refractivity contribution in [3.63, 3.8) is 0 Å². The number of nitrogens with one attached hydrogen (secondary N) is 1. The van der Waals surface area contributed by atoms with E-state index < -0.39 is 28.6 Å². The minimum atomic E-state index is -1.18. The summed E-state index contributed by atoms with van der Waals surface area (Å²) in [6, 6.07) is 4.18. The maximum absolute atomic E-state index is 13.6. The molecule has 1 amide bonds. The topological polar surface area (TPSA) is 66.4 Å². The van der Waals surface area contributed by atoms with Crippen molar-refractivity contribution < 1.29 is 19.1 Å². The first kappa shape index (κ1) is 17.4. The molecule has 0 unspecified atom stereocenters. The number of carboxylic acids is 1. The lowest BCUT2D eigenvalue weighted by atomic mass is 9.74.